The predicted octanol–water partition coefficient (Wildman–Crippen LogP) is 1.44. The maximum Gasteiger partial charge on any atom is 0.341 e. The molecule has 1 aromatic carbocycles. The molecule has 0 unspecified atom stereocenters. The summed E-state index contributed by atoms with van der Waals surface area (Å²) in [6.07, 6.45) is 1.19. The molecule has 1 aromatic heterocycles. The number of carboxylic acid groups (broad SMARTS) is 1. The van der Waals surface area contributed by atoms with Gasteiger partial charge in [0.2, 0.25) is 0 Å². The van der Waals surface area contributed by atoms with Gasteiger partial charge >= 0.3 is 5.97 Å². The van der Waals surface area contributed by atoms with Gasteiger partial charge in [-0.05, 0) is 30.0 Å². The number of carboxylic acids is 1. The molecule has 0 spiro atoms. The van der Waals surface area contributed by atoms with E-state index in [0.29, 0.717) is 5.52 Å². The highest BCUT2D eigenvalue weighted by molar-refractivity contribution is 5.93. The standard InChI is InChI=1S/C13H12N2O3/c16-12-10(13(17)18)6-8-2-3-9(7-11(8)14-12)15-4-1-5-15/h2-3,6-7H,1,4-5H2,(H,14,16)(H,17,18). The van der Waals surface area contributed by atoms with Gasteiger partial charge in [-0.3, -0.25) is 4.79 Å². The van der Waals surface area contributed by atoms with E-state index in [-0.39, 0.29) is 5.56 Å². The Morgan fingerprint density at radius 2 is 2.06 bits per heavy atom. The number of fused-ring (bicyclic) bond motifs is 1. The zero-order valence-electron chi connectivity index (χ0n) is 9.64. The monoisotopic (exact) mass is 244 g/mol. The van der Waals surface area contributed by atoms with Gasteiger partial charge in [0, 0.05) is 18.8 Å². The van der Waals surface area contributed by atoms with Gasteiger partial charge in [-0.25, -0.2) is 4.79 Å². The van der Waals surface area contributed by atoms with Crippen LogP contribution in [0.2, 0.25) is 0 Å². The minimum atomic E-state index is -1.20. The fourth-order valence-electron chi connectivity index (χ4n) is 2.12. The average molecular weight is 244 g/mol. The Balaban J connectivity index is 2.14. The Bertz CT molecular complexity index is 686. The zero-order chi connectivity index (χ0) is 12.7. The first-order chi connectivity index (χ1) is 8.65. The Morgan fingerprint density at radius 1 is 1.28 bits per heavy atom. The average Bonchev–Trinajstić information content (AvgIpc) is 2.25. The molecule has 0 atom stereocenters. The maximum atomic E-state index is 11.6. The van der Waals surface area contributed by atoms with E-state index in [1.165, 1.54) is 12.5 Å². The lowest BCUT2D eigenvalue weighted by Gasteiger charge is -2.33. The molecule has 18 heavy (non-hydrogen) atoms. The van der Waals surface area contributed by atoms with Crippen molar-refractivity contribution in [3.63, 3.8) is 0 Å². The van der Waals surface area contributed by atoms with Crippen LogP contribution >= 0.6 is 0 Å². The van der Waals surface area contributed by atoms with Gasteiger partial charge < -0.3 is 15.0 Å². The summed E-state index contributed by atoms with van der Waals surface area (Å²) in [5.74, 6) is -1.20. The molecule has 0 aliphatic carbocycles. The first kappa shape index (κ1) is 10.8. The Kier molecular flexibility index (Phi) is 2.33. The number of hydrogen-bond donors (Lipinski definition) is 2. The van der Waals surface area contributed by atoms with Gasteiger partial charge in [-0.1, -0.05) is 6.07 Å². The fraction of sp³-hybridized carbons (Fsp3) is 0.231. The number of nitrogens with one attached hydrogen (secondary N) is 1. The first-order valence-corrected chi connectivity index (χ1v) is 5.80. The van der Waals surface area contributed by atoms with Crippen molar-refractivity contribution >= 4 is 22.6 Å². The molecule has 1 aliphatic heterocycles. The van der Waals surface area contributed by atoms with Crippen molar-refractivity contribution < 1.29 is 9.90 Å². The second kappa shape index (κ2) is 3.87. The van der Waals surface area contributed by atoms with Crippen LogP contribution in [0.1, 0.15) is 16.8 Å². The molecule has 0 saturated carbocycles. The number of aromatic nitrogens is 1. The van der Waals surface area contributed by atoms with Crippen molar-refractivity contribution in [1.29, 1.82) is 0 Å². The number of anilines is 1. The summed E-state index contributed by atoms with van der Waals surface area (Å²) in [5.41, 5.74) is 0.955. The third kappa shape index (κ3) is 1.64. The quantitative estimate of drug-likeness (QED) is 0.838. The van der Waals surface area contributed by atoms with Crippen LogP contribution in [-0.2, 0) is 0 Å². The van der Waals surface area contributed by atoms with E-state index >= 15 is 0 Å². The van der Waals surface area contributed by atoms with E-state index in [1.807, 2.05) is 18.2 Å². The van der Waals surface area contributed by atoms with E-state index in [1.54, 1.807) is 0 Å². The second-order valence-corrected chi connectivity index (χ2v) is 4.43. The fourth-order valence-corrected chi connectivity index (χ4v) is 2.12. The molecule has 0 amide bonds. The molecule has 2 heterocycles. The smallest absolute Gasteiger partial charge is 0.341 e. The summed E-state index contributed by atoms with van der Waals surface area (Å²) in [4.78, 5) is 27.3. The van der Waals surface area contributed by atoms with Crippen LogP contribution in [0.15, 0.2) is 29.1 Å². The summed E-state index contributed by atoms with van der Waals surface area (Å²) in [5, 5.41) is 9.62. The SMILES string of the molecule is O=C(O)c1cc2ccc(N3CCC3)cc2[nH]c1=O. The van der Waals surface area contributed by atoms with Crippen LogP contribution in [-0.4, -0.2) is 29.1 Å². The third-order valence-electron chi connectivity index (χ3n) is 3.28. The molecule has 2 aromatic rings. The third-order valence-corrected chi connectivity index (χ3v) is 3.28. The lowest BCUT2D eigenvalue weighted by Crippen LogP contribution is -2.36. The largest absolute Gasteiger partial charge is 0.477 e. The van der Waals surface area contributed by atoms with Gasteiger partial charge in [0.15, 0.2) is 0 Å². The number of rotatable bonds is 2. The molecule has 5 nitrogen and oxygen atoms in total. The number of H-pyrrole nitrogens is 1. The van der Waals surface area contributed by atoms with Crippen LogP contribution in [0.5, 0.6) is 0 Å². The Hall–Kier alpha value is -2.30. The zero-order valence-corrected chi connectivity index (χ0v) is 9.64. The predicted molar refractivity (Wildman–Crippen MR) is 68.4 cm³/mol. The molecule has 92 valence electrons. The number of nitrogens with zero attached hydrogens (tertiary/aromatic N) is 1. The molecule has 5 heteroatoms. The van der Waals surface area contributed by atoms with E-state index in [2.05, 4.69) is 9.88 Å². The second-order valence-electron chi connectivity index (χ2n) is 4.43. The van der Waals surface area contributed by atoms with Gasteiger partial charge in [0.25, 0.3) is 5.56 Å². The van der Waals surface area contributed by atoms with E-state index in [4.69, 9.17) is 5.11 Å². The van der Waals surface area contributed by atoms with Crippen LogP contribution in [0.25, 0.3) is 10.9 Å². The lowest BCUT2D eigenvalue weighted by atomic mass is 10.1. The number of aromatic carboxylic acids is 1. The molecule has 1 fully saturated rings. The summed E-state index contributed by atoms with van der Waals surface area (Å²) in [6, 6.07) is 7.09. The van der Waals surface area contributed by atoms with Gasteiger partial charge in [-0.15, -0.1) is 0 Å². The van der Waals surface area contributed by atoms with Crippen molar-refractivity contribution in [2.75, 3.05) is 18.0 Å². The van der Waals surface area contributed by atoms with Gasteiger partial charge in [0.05, 0.1) is 5.52 Å². The number of pyridine rings is 1. The molecule has 1 saturated heterocycles. The molecule has 0 bridgehead atoms. The van der Waals surface area contributed by atoms with Gasteiger partial charge in [0.1, 0.15) is 5.56 Å². The molecule has 2 N–H and O–H groups in total. The summed E-state index contributed by atoms with van der Waals surface area (Å²) in [7, 11) is 0. The van der Waals surface area contributed by atoms with Crippen LogP contribution < -0.4 is 10.5 Å². The van der Waals surface area contributed by atoms with E-state index < -0.39 is 11.5 Å². The highest BCUT2D eigenvalue weighted by Gasteiger charge is 2.15. The molecule has 1 aliphatic rings. The summed E-state index contributed by atoms with van der Waals surface area (Å²) >= 11 is 0. The molecular weight excluding hydrogens is 232 g/mol. The van der Waals surface area contributed by atoms with Crippen LogP contribution in [0.4, 0.5) is 5.69 Å². The molecule has 3 rings (SSSR count). The molecule has 0 radical (unpaired) electrons. The summed E-state index contributed by atoms with van der Waals surface area (Å²) in [6.45, 7) is 2.06. The highest BCUT2D eigenvalue weighted by atomic mass is 16.4. The van der Waals surface area contributed by atoms with Crippen LogP contribution in [0.3, 0.4) is 0 Å². The van der Waals surface area contributed by atoms with Crippen molar-refractivity contribution in [3.8, 4) is 0 Å². The van der Waals surface area contributed by atoms with Crippen molar-refractivity contribution in [2.45, 2.75) is 6.42 Å². The Labute approximate surface area is 103 Å². The number of carbonyl (C=O) groups is 1. The number of aromatic amines is 1. The lowest BCUT2D eigenvalue weighted by molar-refractivity contribution is 0.0695. The first-order valence-electron chi connectivity index (χ1n) is 5.80. The van der Waals surface area contributed by atoms with E-state index in [9.17, 15) is 9.59 Å². The van der Waals surface area contributed by atoms with E-state index in [0.717, 1.165) is 24.2 Å². The van der Waals surface area contributed by atoms with Crippen molar-refractivity contribution in [2.24, 2.45) is 0 Å². The minimum absolute atomic E-state index is 0.223. The summed E-state index contributed by atoms with van der Waals surface area (Å²) < 4.78 is 0. The number of hydrogen-bond acceptors (Lipinski definition) is 3. The topological polar surface area (TPSA) is 73.4 Å². The highest BCUT2D eigenvalue weighted by Crippen LogP contribution is 2.24. The van der Waals surface area contributed by atoms with Crippen molar-refractivity contribution in [3.05, 3.63) is 40.2 Å². The molecular formula is C13H12N2O3. The Morgan fingerprint density at radius 3 is 2.67 bits per heavy atom. The number of benzene rings is 1. The maximum absolute atomic E-state index is 11.6. The minimum Gasteiger partial charge on any atom is -0.477 e. The van der Waals surface area contributed by atoms with Gasteiger partial charge in [-0.2, -0.15) is 0 Å². The van der Waals surface area contributed by atoms with Crippen molar-refractivity contribution in [1.82, 2.24) is 4.98 Å². The van der Waals surface area contributed by atoms with Crippen LogP contribution in [0, 0.1) is 0 Å². The normalized spacial score (nSPS) is 14.6.